The molecule has 3 aromatic rings. The number of nitrogens with one attached hydrogen (secondary N) is 1. The van der Waals surface area contributed by atoms with Crippen LogP contribution in [0.1, 0.15) is 16.1 Å². The van der Waals surface area contributed by atoms with E-state index in [-0.39, 0.29) is 10.8 Å². The SMILES string of the molecule is Cc1c(C(=O)O)nn2c(-c3cn[nH]c3)cc(Cl)nc12. The van der Waals surface area contributed by atoms with Crippen molar-refractivity contribution in [1.82, 2.24) is 24.8 Å². The molecule has 0 aromatic carbocycles. The number of hydrogen-bond donors (Lipinski definition) is 2. The van der Waals surface area contributed by atoms with Gasteiger partial charge in [-0.2, -0.15) is 10.2 Å². The fourth-order valence-corrected chi connectivity index (χ4v) is 2.08. The maximum atomic E-state index is 11.1. The van der Waals surface area contributed by atoms with Crippen molar-refractivity contribution in [3.8, 4) is 11.3 Å². The van der Waals surface area contributed by atoms with Crippen molar-refractivity contribution in [3.63, 3.8) is 0 Å². The number of carboxylic acids is 1. The molecule has 0 spiro atoms. The predicted octanol–water partition coefficient (Wildman–Crippen LogP) is 1.78. The van der Waals surface area contributed by atoms with Crippen LogP contribution in [0, 0.1) is 6.92 Å². The topological polar surface area (TPSA) is 96.2 Å². The third kappa shape index (κ3) is 1.75. The Morgan fingerprint density at radius 3 is 2.95 bits per heavy atom. The lowest BCUT2D eigenvalue weighted by atomic mass is 10.2. The van der Waals surface area contributed by atoms with Crippen molar-refractivity contribution >= 4 is 23.2 Å². The molecule has 0 aliphatic carbocycles. The highest BCUT2D eigenvalue weighted by Crippen LogP contribution is 2.24. The molecule has 96 valence electrons. The molecular weight excluding hydrogens is 270 g/mol. The summed E-state index contributed by atoms with van der Waals surface area (Å²) in [6.07, 6.45) is 3.27. The molecule has 0 aliphatic rings. The zero-order valence-corrected chi connectivity index (χ0v) is 10.5. The summed E-state index contributed by atoms with van der Waals surface area (Å²) in [7, 11) is 0. The number of carboxylic acid groups (broad SMARTS) is 1. The van der Waals surface area contributed by atoms with Crippen molar-refractivity contribution in [2.45, 2.75) is 6.92 Å². The van der Waals surface area contributed by atoms with Crippen LogP contribution in [0.25, 0.3) is 16.9 Å². The number of aromatic nitrogens is 5. The zero-order valence-electron chi connectivity index (χ0n) is 9.75. The molecule has 3 aromatic heterocycles. The summed E-state index contributed by atoms with van der Waals surface area (Å²) in [4.78, 5) is 15.2. The van der Waals surface area contributed by atoms with Crippen LogP contribution in [0.15, 0.2) is 18.5 Å². The Balaban J connectivity index is 2.40. The normalized spacial score (nSPS) is 11.1. The number of rotatable bonds is 2. The van der Waals surface area contributed by atoms with Crippen molar-refractivity contribution in [2.24, 2.45) is 0 Å². The molecule has 0 bridgehead atoms. The minimum atomic E-state index is -1.10. The molecule has 0 atom stereocenters. The molecule has 0 saturated carbocycles. The predicted molar refractivity (Wildman–Crippen MR) is 67.3 cm³/mol. The molecule has 2 N–H and O–H groups in total. The van der Waals surface area contributed by atoms with Gasteiger partial charge in [0, 0.05) is 23.4 Å². The van der Waals surface area contributed by atoms with Crippen molar-refractivity contribution in [2.75, 3.05) is 0 Å². The van der Waals surface area contributed by atoms with E-state index in [9.17, 15) is 4.79 Å². The molecule has 3 rings (SSSR count). The summed E-state index contributed by atoms with van der Waals surface area (Å²) in [5.41, 5.74) is 2.22. The number of carbonyl (C=O) groups is 1. The first-order valence-corrected chi connectivity index (χ1v) is 5.74. The van der Waals surface area contributed by atoms with Crippen LogP contribution in [0.5, 0.6) is 0 Å². The third-order valence-electron chi connectivity index (χ3n) is 2.78. The summed E-state index contributed by atoms with van der Waals surface area (Å²) in [5, 5.41) is 20.0. The molecule has 8 heteroatoms. The first kappa shape index (κ1) is 11.7. The van der Waals surface area contributed by atoms with Gasteiger partial charge in [-0.1, -0.05) is 11.6 Å². The van der Waals surface area contributed by atoms with Crippen molar-refractivity contribution in [3.05, 3.63) is 34.9 Å². The van der Waals surface area contributed by atoms with Crippen molar-refractivity contribution < 1.29 is 9.90 Å². The van der Waals surface area contributed by atoms with Gasteiger partial charge < -0.3 is 5.11 Å². The van der Waals surface area contributed by atoms with Crippen LogP contribution >= 0.6 is 11.6 Å². The summed E-state index contributed by atoms with van der Waals surface area (Å²) < 4.78 is 1.45. The van der Waals surface area contributed by atoms with E-state index in [1.807, 2.05) is 0 Å². The zero-order chi connectivity index (χ0) is 13.6. The number of fused-ring (bicyclic) bond motifs is 1. The lowest BCUT2D eigenvalue weighted by Crippen LogP contribution is -2.00. The van der Waals surface area contributed by atoms with Gasteiger partial charge in [0.05, 0.1) is 11.9 Å². The largest absolute Gasteiger partial charge is 0.476 e. The number of aromatic carboxylic acids is 1. The maximum absolute atomic E-state index is 11.1. The number of nitrogens with zero attached hydrogens (tertiary/aromatic N) is 4. The van der Waals surface area contributed by atoms with E-state index in [1.54, 1.807) is 25.4 Å². The van der Waals surface area contributed by atoms with Gasteiger partial charge in [0.15, 0.2) is 11.3 Å². The third-order valence-corrected chi connectivity index (χ3v) is 2.98. The molecule has 0 radical (unpaired) electrons. The molecule has 0 amide bonds. The van der Waals surface area contributed by atoms with Gasteiger partial charge in [0.1, 0.15) is 5.15 Å². The molecule has 0 unspecified atom stereocenters. The van der Waals surface area contributed by atoms with E-state index >= 15 is 0 Å². The fraction of sp³-hybridized carbons (Fsp3) is 0.0909. The molecule has 3 heterocycles. The second kappa shape index (κ2) is 4.06. The van der Waals surface area contributed by atoms with Gasteiger partial charge in [0.2, 0.25) is 0 Å². The lowest BCUT2D eigenvalue weighted by Gasteiger charge is -2.02. The Labute approximate surface area is 111 Å². The second-order valence-corrected chi connectivity index (χ2v) is 4.35. The molecule has 0 aliphatic heterocycles. The number of aryl methyl sites for hydroxylation is 1. The lowest BCUT2D eigenvalue weighted by molar-refractivity contribution is 0.0689. The first-order chi connectivity index (χ1) is 9.08. The molecule has 0 saturated heterocycles. The van der Waals surface area contributed by atoms with Gasteiger partial charge in [-0.25, -0.2) is 14.3 Å². The standard InChI is InChI=1S/C11H8ClN5O2/c1-5-9(11(18)19)16-17-7(6-3-13-14-4-6)2-8(12)15-10(5)17/h2-4H,1H3,(H,13,14)(H,18,19). The number of H-pyrrole nitrogens is 1. The number of halogens is 1. The first-order valence-electron chi connectivity index (χ1n) is 5.36. The van der Waals surface area contributed by atoms with Gasteiger partial charge in [-0.3, -0.25) is 5.10 Å². The Morgan fingerprint density at radius 1 is 1.53 bits per heavy atom. The summed E-state index contributed by atoms with van der Waals surface area (Å²) in [6.45, 7) is 1.65. The Bertz CT molecular complexity index is 778. The highest BCUT2D eigenvalue weighted by Gasteiger charge is 2.19. The molecule has 7 nitrogen and oxygen atoms in total. The molecule has 0 fully saturated rings. The van der Waals surface area contributed by atoms with Crippen LogP contribution in [0.2, 0.25) is 5.15 Å². The molecular formula is C11H8ClN5O2. The average molecular weight is 278 g/mol. The number of hydrogen-bond acceptors (Lipinski definition) is 4. The minimum Gasteiger partial charge on any atom is -0.476 e. The van der Waals surface area contributed by atoms with E-state index in [0.717, 1.165) is 5.56 Å². The van der Waals surface area contributed by atoms with E-state index in [2.05, 4.69) is 20.3 Å². The molecule has 19 heavy (non-hydrogen) atoms. The Kier molecular flexibility index (Phi) is 2.49. The summed E-state index contributed by atoms with van der Waals surface area (Å²) in [6, 6.07) is 1.61. The minimum absolute atomic E-state index is 0.0421. The second-order valence-electron chi connectivity index (χ2n) is 3.97. The van der Waals surface area contributed by atoms with Crippen LogP contribution in [-0.2, 0) is 0 Å². The quantitative estimate of drug-likeness (QED) is 0.696. The number of aromatic amines is 1. The van der Waals surface area contributed by atoms with Crippen LogP contribution in [0.4, 0.5) is 0 Å². The maximum Gasteiger partial charge on any atom is 0.356 e. The smallest absolute Gasteiger partial charge is 0.356 e. The van der Waals surface area contributed by atoms with Gasteiger partial charge in [0.25, 0.3) is 0 Å². The van der Waals surface area contributed by atoms with Crippen molar-refractivity contribution in [1.29, 1.82) is 0 Å². The van der Waals surface area contributed by atoms with E-state index in [0.29, 0.717) is 16.9 Å². The van der Waals surface area contributed by atoms with E-state index in [4.69, 9.17) is 16.7 Å². The van der Waals surface area contributed by atoms with Crippen LogP contribution in [-0.4, -0.2) is 35.9 Å². The summed E-state index contributed by atoms with van der Waals surface area (Å²) in [5.74, 6) is -1.10. The van der Waals surface area contributed by atoms with Gasteiger partial charge in [-0.05, 0) is 6.92 Å². The average Bonchev–Trinajstić information content (AvgIpc) is 2.97. The van der Waals surface area contributed by atoms with E-state index < -0.39 is 5.97 Å². The van der Waals surface area contributed by atoms with Gasteiger partial charge in [-0.15, -0.1) is 0 Å². The highest BCUT2D eigenvalue weighted by atomic mass is 35.5. The van der Waals surface area contributed by atoms with Gasteiger partial charge >= 0.3 is 5.97 Å². The Morgan fingerprint density at radius 2 is 2.32 bits per heavy atom. The van der Waals surface area contributed by atoms with E-state index in [1.165, 1.54) is 4.52 Å². The highest BCUT2D eigenvalue weighted by molar-refractivity contribution is 6.29. The Hall–Kier alpha value is -2.41. The van der Waals surface area contributed by atoms with Crippen LogP contribution in [0.3, 0.4) is 0 Å². The summed E-state index contributed by atoms with van der Waals surface area (Å²) >= 11 is 5.97. The van der Waals surface area contributed by atoms with Crippen LogP contribution < -0.4 is 0 Å². The monoisotopic (exact) mass is 277 g/mol. The fourth-order valence-electron chi connectivity index (χ4n) is 1.89.